The van der Waals surface area contributed by atoms with Crippen LogP contribution in [-0.4, -0.2) is 29.1 Å². The Bertz CT molecular complexity index is 671. The number of unbranched alkanes of at least 4 members (excludes halogenated alkanes) is 1. The van der Waals surface area contributed by atoms with E-state index in [0.29, 0.717) is 0 Å². The van der Waals surface area contributed by atoms with Crippen molar-refractivity contribution in [1.82, 2.24) is 20.2 Å². The van der Waals surface area contributed by atoms with Crippen LogP contribution in [-0.2, 0) is 6.54 Å². The molecule has 1 aromatic heterocycles. The van der Waals surface area contributed by atoms with E-state index in [1.54, 1.807) is 7.05 Å². The van der Waals surface area contributed by atoms with E-state index in [0.717, 1.165) is 48.3 Å². The van der Waals surface area contributed by atoms with E-state index < -0.39 is 0 Å². The number of aromatic nitrogens is 2. The molecule has 1 atom stereocenters. The van der Waals surface area contributed by atoms with Crippen LogP contribution in [0.4, 0.5) is 0 Å². The van der Waals surface area contributed by atoms with Gasteiger partial charge in [0.05, 0.1) is 6.04 Å². The zero-order valence-corrected chi connectivity index (χ0v) is 18.1. The molecule has 2 N–H and O–H groups in total. The summed E-state index contributed by atoms with van der Waals surface area (Å²) in [6, 6.07) is 7.96. The second-order valence-corrected chi connectivity index (χ2v) is 6.17. The van der Waals surface area contributed by atoms with Gasteiger partial charge in [-0.3, -0.25) is 4.99 Å². The average molecular weight is 476 g/mol. The van der Waals surface area contributed by atoms with Crippen molar-refractivity contribution in [2.45, 2.75) is 39.3 Å². The molecule has 25 heavy (non-hydrogen) atoms. The van der Waals surface area contributed by atoms with Crippen molar-refractivity contribution < 1.29 is 0 Å². The zero-order chi connectivity index (χ0) is 17.4. The Kier molecular flexibility index (Phi) is 9.89. The molecule has 0 radical (unpaired) electrons. The number of aryl methyl sites for hydroxylation is 2. The molecule has 0 aliphatic rings. The number of benzene rings is 1. The third kappa shape index (κ3) is 6.86. The molecule has 138 valence electrons. The SMILES string of the molecule is CN=C(NCCCCn1ccnc1C)NC(C)c1ccccc1Cl.I. The van der Waals surface area contributed by atoms with Gasteiger partial charge in [0.15, 0.2) is 5.96 Å². The number of hydrogen-bond acceptors (Lipinski definition) is 2. The van der Waals surface area contributed by atoms with Crippen molar-refractivity contribution in [1.29, 1.82) is 0 Å². The van der Waals surface area contributed by atoms with Gasteiger partial charge in [-0.05, 0) is 38.3 Å². The molecule has 0 spiro atoms. The summed E-state index contributed by atoms with van der Waals surface area (Å²) < 4.78 is 2.17. The molecule has 7 heteroatoms. The first-order chi connectivity index (χ1) is 11.6. The quantitative estimate of drug-likeness (QED) is 0.273. The van der Waals surface area contributed by atoms with Crippen molar-refractivity contribution in [3.63, 3.8) is 0 Å². The largest absolute Gasteiger partial charge is 0.356 e. The van der Waals surface area contributed by atoms with Crippen molar-refractivity contribution >= 4 is 41.5 Å². The highest BCUT2D eigenvalue weighted by atomic mass is 127. The van der Waals surface area contributed by atoms with Crippen LogP contribution < -0.4 is 10.6 Å². The summed E-state index contributed by atoms with van der Waals surface area (Å²) in [6.45, 7) is 5.98. The fraction of sp³-hybridized carbons (Fsp3) is 0.444. The Morgan fingerprint density at radius 3 is 2.72 bits per heavy atom. The summed E-state index contributed by atoms with van der Waals surface area (Å²) in [5.74, 6) is 1.86. The summed E-state index contributed by atoms with van der Waals surface area (Å²) in [5, 5.41) is 7.50. The molecule has 0 saturated carbocycles. The molecule has 2 aromatic rings. The molecule has 0 saturated heterocycles. The lowest BCUT2D eigenvalue weighted by Gasteiger charge is -2.19. The lowest BCUT2D eigenvalue weighted by molar-refractivity contribution is 0.585. The second kappa shape index (κ2) is 11.4. The number of nitrogens with one attached hydrogen (secondary N) is 2. The third-order valence-corrected chi connectivity index (χ3v) is 4.33. The van der Waals surface area contributed by atoms with E-state index >= 15 is 0 Å². The van der Waals surface area contributed by atoms with Gasteiger partial charge in [0.25, 0.3) is 0 Å². The smallest absolute Gasteiger partial charge is 0.191 e. The van der Waals surface area contributed by atoms with Crippen LogP contribution in [0.5, 0.6) is 0 Å². The zero-order valence-electron chi connectivity index (χ0n) is 15.0. The van der Waals surface area contributed by atoms with Gasteiger partial charge in [0, 0.05) is 37.6 Å². The highest BCUT2D eigenvalue weighted by Crippen LogP contribution is 2.21. The molecule has 0 amide bonds. The monoisotopic (exact) mass is 475 g/mol. The molecule has 1 heterocycles. The second-order valence-electron chi connectivity index (χ2n) is 5.76. The van der Waals surface area contributed by atoms with Crippen LogP contribution >= 0.6 is 35.6 Å². The Hall–Kier alpha value is -1.28. The van der Waals surface area contributed by atoms with Gasteiger partial charge in [-0.2, -0.15) is 0 Å². The first-order valence-corrected chi connectivity index (χ1v) is 8.69. The number of halogens is 2. The summed E-state index contributed by atoms with van der Waals surface area (Å²) in [7, 11) is 1.78. The molecule has 5 nitrogen and oxygen atoms in total. The minimum Gasteiger partial charge on any atom is -0.356 e. The molecular weight excluding hydrogens is 449 g/mol. The molecule has 2 rings (SSSR count). The number of imidazole rings is 1. The standard InChI is InChI=1S/C18H26ClN5.HI/c1-14(16-8-4-5-9-17(16)19)23-18(20-3)22-10-6-7-12-24-13-11-21-15(24)2;/h4-5,8-9,11,13-14H,6-7,10,12H2,1-3H3,(H2,20,22,23);1H. The topological polar surface area (TPSA) is 54.2 Å². The Balaban J connectivity index is 0.00000312. The number of aliphatic imine (C=N–C) groups is 1. The predicted octanol–water partition coefficient (Wildman–Crippen LogP) is 4.17. The van der Waals surface area contributed by atoms with Crippen LogP contribution in [0.3, 0.4) is 0 Å². The summed E-state index contributed by atoms with van der Waals surface area (Å²) in [5.41, 5.74) is 1.07. The van der Waals surface area contributed by atoms with Crippen LogP contribution in [0.25, 0.3) is 0 Å². The molecule has 1 unspecified atom stereocenters. The maximum absolute atomic E-state index is 6.25. The summed E-state index contributed by atoms with van der Waals surface area (Å²) >= 11 is 6.25. The Morgan fingerprint density at radius 1 is 1.32 bits per heavy atom. The van der Waals surface area contributed by atoms with Gasteiger partial charge in [0.1, 0.15) is 5.82 Å². The molecule has 0 fully saturated rings. The van der Waals surface area contributed by atoms with E-state index in [9.17, 15) is 0 Å². The van der Waals surface area contributed by atoms with Crippen molar-refractivity contribution in [3.05, 3.63) is 53.1 Å². The van der Waals surface area contributed by atoms with E-state index in [1.165, 1.54) is 0 Å². The van der Waals surface area contributed by atoms with Crippen LogP contribution in [0.1, 0.15) is 37.2 Å². The van der Waals surface area contributed by atoms with Crippen molar-refractivity contribution in [3.8, 4) is 0 Å². The highest BCUT2D eigenvalue weighted by Gasteiger charge is 2.10. The van der Waals surface area contributed by atoms with E-state index in [-0.39, 0.29) is 30.0 Å². The first kappa shape index (κ1) is 21.8. The lowest BCUT2D eigenvalue weighted by atomic mass is 10.1. The fourth-order valence-electron chi connectivity index (χ4n) is 2.56. The van der Waals surface area contributed by atoms with Crippen LogP contribution in [0.2, 0.25) is 5.02 Å². The van der Waals surface area contributed by atoms with Crippen LogP contribution in [0, 0.1) is 6.92 Å². The Labute approximate surface area is 172 Å². The molecule has 0 aliphatic carbocycles. The average Bonchev–Trinajstić information content (AvgIpc) is 2.98. The molecule has 0 bridgehead atoms. The number of guanidine groups is 1. The van der Waals surface area contributed by atoms with Gasteiger partial charge in [-0.25, -0.2) is 4.98 Å². The predicted molar refractivity (Wildman–Crippen MR) is 116 cm³/mol. The van der Waals surface area contributed by atoms with Gasteiger partial charge in [-0.15, -0.1) is 24.0 Å². The summed E-state index contributed by atoms with van der Waals surface area (Å²) in [4.78, 5) is 8.51. The van der Waals surface area contributed by atoms with E-state index in [1.807, 2.05) is 43.6 Å². The maximum Gasteiger partial charge on any atom is 0.191 e. The van der Waals surface area contributed by atoms with Crippen molar-refractivity contribution in [2.75, 3.05) is 13.6 Å². The molecular formula is C18H27ClIN5. The number of rotatable bonds is 7. The first-order valence-electron chi connectivity index (χ1n) is 8.31. The maximum atomic E-state index is 6.25. The molecule has 0 aliphatic heterocycles. The lowest BCUT2D eigenvalue weighted by Crippen LogP contribution is -2.39. The van der Waals surface area contributed by atoms with Gasteiger partial charge in [0.2, 0.25) is 0 Å². The number of hydrogen-bond donors (Lipinski definition) is 2. The van der Waals surface area contributed by atoms with E-state index in [2.05, 4.69) is 32.1 Å². The van der Waals surface area contributed by atoms with Gasteiger partial charge in [-0.1, -0.05) is 29.8 Å². The van der Waals surface area contributed by atoms with Crippen LogP contribution in [0.15, 0.2) is 41.7 Å². The molecule has 1 aromatic carbocycles. The minimum absolute atomic E-state index is 0. The fourth-order valence-corrected chi connectivity index (χ4v) is 2.86. The summed E-state index contributed by atoms with van der Waals surface area (Å²) in [6.07, 6.45) is 6.03. The van der Waals surface area contributed by atoms with Gasteiger partial charge >= 0.3 is 0 Å². The van der Waals surface area contributed by atoms with E-state index in [4.69, 9.17) is 11.6 Å². The minimum atomic E-state index is 0. The Morgan fingerprint density at radius 2 is 2.08 bits per heavy atom. The van der Waals surface area contributed by atoms with Gasteiger partial charge < -0.3 is 15.2 Å². The third-order valence-electron chi connectivity index (χ3n) is 3.99. The van der Waals surface area contributed by atoms with Crippen molar-refractivity contribution in [2.24, 2.45) is 4.99 Å². The normalized spacial score (nSPS) is 12.4. The highest BCUT2D eigenvalue weighted by molar-refractivity contribution is 14.0. The number of nitrogens with zero attached hydrogens (tertiary/aromatic N) is 3.